The quantitative estimate of drug-likeness (QED) is 0.839. The van der Waals surface area contributed by atoms with E-state index >= 15 is 0 Å². The van der Waals surface area contributed by atoms with Gasteiger partial charge in [0.1, 0.15) is 0 Å². The lowest BCUT2D eigenvalue weighted by molar-refractivity contribution is 0.0443. The summed E-state index contributed by atoms with van der Waals surface area (Å²) >= 11 is 0. The molecule has 5 nitrogen and oxygen atoms in total. The van der Waals surface area contributed by atoms with Gasteiger partial charge >= 0.3 is 0 Å². The molecule has 4 rings (SSSR count). The highest BCUT2D eigenvalue weighted by molar-refractivity contribution is 5.95. The molecule has 1 aromatic heterocycles. The number of hydrogen-bond donors (Lipinski definition) is 0. The predicted octanol–water partition coefficient (Wildman–Crippen LogP) is 2.28. The minimum Gasteiger partial charge on any atom is -0.337 e. The van der Waals surface area contributed by atoms with Crippen LogP contribution in [0.4, 0.5) is 0 Å². The first-order valence-corrected chi connectivity index (χ1v) is 6.85. The molecule has 2 heterocycles. The van der Waals surface area contributed by atoms with Crippen molar-refractivity contribution in [3.05, 3.63) is 35.7 Å². The number of hydrogen-bond acceptors (Lipinski definition) is 4. The average Bonchev–Trinajstić information content (AvgIpc) is 3.12. The van der Waals surface area contributed by atoms with Crippen molar-refractivity contribution in [3.8, 4) is 11.5 Å². The van der Waals surface area contributed by atoms with Crippen LogP contribution in [0.5, 0.6) is 0 Å². The molecule has 0 N–H and O–H groups in total. The molecular formula is C15H15N3O2. The highest BCUT2D eigenvalue weighted by Gasteiger charge is 2.53. The number of rotatable bonds is 2. The number of carbonyl (C=O) groups excluding carboxylic acids is 1. The summed E-state index contributed by atoms with van der Waals surface area (Å²) in [5.74, 6) is 1.22. The van der Waals surface area contributed by atoms with E-state index in [9.17, 15) is 4.79 Å². The lowest BCUT2D eigenvalue weighted by Crippen LogP contribution is -2.51. The first kappa shape index (κ1) is 11.6. The fourth-order valence-electron chi connectivity index (χ4n) is 2.75. The van der Waals surface area contributed by atoms with E-state index in [-0.39, 0.29) is 5.91 Å². The Balaban J connectivity index is 1.51. The number of aromatic nitrogens is 2. The smallest absolute Gasteiger partial charge is 0.257 e. The maximum atomic E-state index is 12.3. The summed E-state index contributed by atoms with van der Waals surface area (Å²) < 4.78 is 5.11. The normalized spacial score (nSPS) is 18.9. The molecule has 1 amide bonds. The number of carbonyl (C=O) groups is 1. The molecule has 5 heteroatoms. The highest BCUT2D eigenvalue weighted by atomic mass is 16.5. The van der Waals surface area contributed by atoms with Crippen LogP contribution >= 0.6 is 0 Å². The Morgan fingerprint density at radius 3 is 2.50 bits per heavy atom. The summed E-state index contributed by atoms with van der Waals surface area (Å²) in [4.78, 5) is 18.4. The van der Waals surface area contributed by atoms with E-state index < -0.39 is 0 Å². The third kappa shape index (κ3) is 1.81. The molecule has 1 aliphatic heterocycles. The molecule has 1 spiro atoms. The Morgan fingerprint density at radius 2 is 1.95 bits per heavy atom. The van der Waals surface area contributed by atoms with Crippen LogP contribution in [0, 0.1) is 12.3 Å². The Labute approximate surface area is 116 Å². The van der Waals surface area contributed by atoms with Gasteiger partial charge in [0.25, 0.3) is 11.8 Å². The van der Waals surface area contributed by atoms with Crippen molar-refractivity contribution < 1.29 is 9.32 Å². The van der Waals surface area contributed by atoms with Crippen LogP contribution in [0.1, 0.15) is 29.0 Å². The molecule has 2 aromatic rings. The van der Waals surface area contributed by atoms with Gasteiger partial charge in [0.05, 0.1) is 0 Å². The summed E-state index contributed by atoms with van der Waals surface area (Å²) in [6.45, 7) is 3.63. The zero-order valence-corrected chi connectivity index (χ0v) is 11.3. The van der Waals surface area contributed by atoms with Crippen molar-refractivity contribution in [3.63, 3.8) is 0 Å². The van der Waals surface area contributed by atoms with Crippen LogP contribution in [0.3, 0.4) is 0 Å². The topological polar surface area (TPSA) is 59.2 Å². The molecular weight excluding hydrogens is 254 g/mol. The molecule has 1 aliphatic carbocycles. The average molecular weight is 269 g/mol. The Kier molecular flexibility index (Phi) is 2.28. The minimum absolute atomic E-state index is 0.121. The number of aryl methyl sites for hydroxylation is 1. The monoisotopic (exact) mass is 269 g/mol. The molecule has 1 aromatic carbocycles. The van der Waals surface area contributed by atoms with Gasteiger partial charge in [-0.25, -0.2) is 0 Å². The van der Waals surface area contributed by atoms with Crippen LogP contribution in [-0.4, -0.2) is 34.0 Å². The molecule has 1 saturated carbocycles. The van der Waals surface area contributed by atoms with Crippen molar-refractivity contribution in [2.75, 3.05) is 13.1 Å². The molecule has 0 atom stereocenters. The van der Waals surface area contributed by atoms with Crippen molar-refractivity contribution >= 4 is 5.91 Å². The van der Waals surface area contributed by atoms with Gasteiger partial charge in [-0.05, 0) is 44.0 Å². The summed E-state index contributed by atoms with van der Waals surface area (Å²) in [6, 6.07) is 7.36. The summed E-state index contributed by atoms with van der Waals surface area (Å²) in [6.07, 6.45) is 2.57. The largest absolute Gasteiger partial charge is 0.337 e. The van der Waals surface area contributed by atoms with E-state index in [1.807, 2.05) is 29.2 Å². The van der Waals surface area contributed by atoms with Gasteiger partial charge in [0.15, 0.2) is 5.82 Å². The molecule has 0 radical (unpaired) electrons. The Bertz CT molecular complexity index is 663. The minimum atomic E-state index is 0.121. The van der Waals surface area contributed by atoms with Crippen LogP contribution in [0.25, 0.3) is 11.5 Å². The summed E-state index contributed by atoms with van der Waals surface area (Å²) in [5, 5.41) is 3.76. The number of amides is 1. The SMILES string of the molecule is Cc1noc(-c2ccc(C(=O)N3CC4(CC4)C3)cc2)n1. The van der Waals surface area contributed by atoms with Crippen LogP contribution in [-0.2, 0) is 0 Å². The maximum absolute atomic E-state index is 12.3. The second kappa shape index (κ2) is 3.91. The van der Waals surface area contributed by atoms with E-state index in [4.69, 9.17) is 4.52 Å². The van der Waals surface area contributed by atoms with Gasteiger partial charge in [-0.2, -0.15) is 4.98 Å². The van der Waals surface area contributed by atoms with Crippen molar-refractivity contribution in [1.82, 2.24) is 15.0 Å². The third-order valence-electron chi connectivity index (χ3n) is 4.20. The Morgan fingerprint density at radius 1 is 1.25 bits per heavy atom. The molecule has 102 valence electrons. The second-order valence-electron chi connectivity index (χ2n) is 5.89. The third-order valence-corrected chi connectivity index (χ3v) is 4.20. The number of likely N-dealkylation sites (tertiary alicyclic amines) is 1. The maximum Gasteiger partial charge on any atom is 0.257 e. The van der Waals surface area contributed by atoms with Gasteiger partial charge in [-0.15, -0.1) is 0 Å². The molecule has 0 unspecified atom stereocenters. The zero-order valence-electron chi connectivity index (χ0n) is 11.3. The van der Waals surface area contributed by atoms with Crippen LogP contribution in [0.2, 0.25) is 0 Å². The van der Waals surface area contributed by atoms with Crippen molar-refractivity contribution in [2.24, 2.45) is 5.41 Å². The fraction of sp³-hybridized carbons (Fsp3) is 0.400. The predicted molar refractivity (Wildman–Crippen MR) is 72.0 cm³/mol. The van der Waals surface area contributed by atoms with E-state index in [2.05, 4.69) is 10.1 Å². The van der Waals surface area contributed by atoms with Crippen molar-refractivity contribution in [2.45, 2.75) is 19.8 Å². The standard InChI is InChI=1S/C15H15N3O2/c1-10-16-13(20-17-10)11-2-4-12(5-3-11)14(19)18-8-15(9-18)6-7-15/h2-5H,6-9H2,1H3. The van der Waals surface area contributed by atoms with Crippen molar-refractivity contribution in [1.29, 1.82) is 0 Å². The van der Waals surface area contributed by atoms with Crippen LogP contribution in [0.15, 0.2) is 28.8 Å². The molecule has 1 saturated heterocycles. The van der Waals surface area contributed by atoms with Gasteiger partial charge in [-0.1, -0.05) is 5.16 Å². The second-order valence-corrected chi connectivity index (χ2v) is 5.89. The van der Waals surface area contributed by atoms with Gasteiger partial charge in [0, 0.05) is 29.6 Å². The molecule has 2 fully saturated rings. The molecule has 2 aliphatic rings. The van der Waals surface area contributed by atoms with Crippen LogP contribution < -0.4 is 0 Å². The van der Waals surface area contributed by atoms with E-state index in [0.29, 0.717) is 17.1 Å². The van der Waals surface area contributed by atoms with Gasteiger partial charge < -0.3 is 9.42 Å². The zero-order chi connectivity index (χ0) is 13.7. The lowest BCUT2D eigenvalue weighted by atomic mass is 9.95. The van der Waals surface area contributed by atoms with E-state index in [1.54, 1.807) is 6.92 Å². The number of nitrogens with zero attached hydrogens (tertiary/aromatic N) is 3. The summed E-state index contributed by atoms with van der Waals surface area (Å²) in [7, 11) is 0. The van der Waals surface area contributed by atoms with E-state index in [1.165, 1.54) is 12.8 Å². The highest BCUT2D eigenvalue weighted by Crippen LogP contribution is 2.53. The fourth-order valence-corrected chi connectivity index (χ4v) is 2.75. The first-order valence-electron chi connectivity index (χ1n) is 6.85. The number of benzene rings is 1. The summed E-state index contributed by atoms with van der Waals surface area (Å²) in [5.41, 5.74) is 2.06. The molecule has 20 heavy (non-hydrogen) atoms. The van der Waals surface area contributed by atoms with Gasteiger partial charge in [0.2, 0.25) is 0 Å². The molecule has 0 bridgehead atoms. The first-order chi connectivity index (χ1) is 9.65. The van der Waals surface area contributed by atoms with E-state index in [0.717, 1.165) is 24.2 Å². The Hall–Kier alpha value is -2.17. The van der Waals surface area contributed by atoms with Gasteiger partial charge in [-0.3, -0.25) is 4.79 Å². The lowest BCUT2D eigenvalue weighted by Gasteiger charge is -2.40.